The number of carbonyl (C=O) groups is 1. The van der Waals surface area contributed by atoms with Crippen molar-refractivity contribution in [1.82, 2.24) is 14.8 Å². The van der Waals surface area contributed by atoms with Crippen molar-refractivity contribution in [3.05, 3.63) is 87.9 Å². The highest BCUT2D eigenvalue weighted by Gasteiger charge is 2.43. The van der Waals surface area contributed by atoms with Crippen molar-refractivity contribution >= 4 is 11.7 Å². The zero-order valence-electron chi connectivity index (χ0n) is 17.3. The normalized spacial score (nSPS) is 20.4. The largest absolute Gasteiger partial charge is 0.453 e. The molecule has 2 aromatic carbocycles. The van der Waals surface area contributed by atoms with Gasteiger partial charge in [-0.15, -0.1) is 5.10 Å². The van der Waals surface area contributed by atoms with Gasteiger partial charge in [-0.2, -0.15) is 18.2 Å². The summed E-state index contributed by atoms with van der Waals surface area (Å²) in [4.78, 5) is 16.8. The van der Waals surface area contributed by atoms with Gasteiger partial charge < -0.3 is 5.32 Å². The number of fused-ring (bicyclic) bond motifs is 1. The van der Waals surface area contributed by atoms with E-state index in [2.05, 4.69) is 15.4 Å². The van der Waals surface area contributed by atoms with Crippen LogP contribution in [0.3, 0.4) is 0 Å². The molecule has 1 aliphatic heterocycles. The maximum absolute atomic E-state index is 14.0. The number of ketones is 1. The molecule has 170 valence electrons. The SMILES string of the molecule is Cc1ccc(C2CC(=O)C3=C(C2)Nc2nc(C(F)(F)F)nn2C3c2cc(F)cc(F)c2)cc1. The van der Waals surface area contributed by atoms with Crippen molar-refractivity contribution in [3.8, 4) is 0 Å². The quantitative estimate of drug-likeness (QED) is 0.528. The summed E-state index contributed by atoms with van der Waals surface area (Å²) in [5.41, 5.74) is 2.45. The minimum Gasteiger partial charge on any atom is -0.328 e. The van der Waals surface area contributed by atoms with Crippen LogP contribution in [0.15, 0.2) is 53.7 Å². The molecule has 0 saturated carbocycles. The Hall–Kier alpha value is -3.56. The first-order valence-electron chi connectivity index (χ1n) is 10.2. The van der Waals surface area contributed by atoms with Crippen molar-refractivity contribution < 1.29 is 26.7 Å². The number of hydrogen-bond donors (Lipinski definition) is 1. The van der Waals surface area contributed by atoms with E-state index < -0.39 is 29.7 Å². The fraction of sp³-hybridized carbons (Fsp3) is 0.261. The number of halogens is 5. The van der Waals surface area contributed by atoms with Gasteiger partial charge in [0.1, 0.15) is 17.7 Å². The number of alkyl halides is 3. The highest BCUT2D eigenvalue weighted by Crippen LogP contribution is 2.45. The number of nitrogens with zero attached hydrogens (tertiary/aromatic N) is 3. The van der Waals surface area contributed by atoms with Gasteiger partial charge in [0.25, 0.3) is 5.82 Å². The molecule has 2 unspecified atom stereocenters. The molecule has 1 aliphatic carbocycles. The molecule has 1 aromatic heterocycles. The van der Waals surface area contributed by atoms with Gasteiger partial charge in [-0.3, -0.25) is 4.79 Å². The Kier molecular flexibility index (Phi) is 4.84. The van der Waals surface area contributed by atoms with Crippen LogP contribution in [0.5, 0.6) is 0 Å². The molecule has 0 saturated heterocycles. The van der Waals surface area contributed by atoms with E-state index in [1.807, 2.05) is 31.2 Å². The van der Waals surface area contributed by atoms with Crippen LogP contribution in [0.1, 0.15) is 47.3 Å². The molecule has 0 bridgehead atoms. The summed E-state index contributed by atoms with van der Waals surface area (Å²) in [6.07, 6.45) is -4.40. The van der Waals surface area contributed by atoms with Crippen LogP contribution in [0.25, 0.3) is 0 Å². The molecule has 3 aromatic rings. The fourth-order valence-corrected chi connectivity index (χ4v) is 4.45. The Morgan fingerprint density at radius 1 is 1.00 bits per heavy atom. The second-order valence-electron chi connectivity index (χ2n) is 8.26. The Morgan fingerprint density at radius 3 is 2.30 bits per heavy atom. The summed E-state index contributed by atoms with van der Waals surface area (Å²) in [5, 5.41) is 6.36. The average Bonchev–Trinajstić information content (AvgIpc) is 3.16. The van der Waals surface area contributed by atoms with Crippen molar-refractivity contribution in [3.63, 3.8) is 0 Å². The maximum Gasteiger partial charge on any atom is 0.453 e. The van der Waals surface area contributed by atoms with Crippen LogP contribution in [-0.4, -0.2) is 20.5 Å². The first-order valence-corrected chi connectivity index (χ1v) is 10.2. The molecule has 0 fully saturated rings. The van der Waals surface area contributed by atoms with Crippen molar-refractivity contribution in [2.24, 2.45) is 0 Å². The predicted molar refractivity (Wildman–Crippen MR) is 108 cm³/mol. The maximum atomic E-state index is 14.0. The van der Waals surface area contributed by atoms with E-state index >= 15 is 0 Å². The lowest BCUT2D eigenvalue weighted by molar-refractivity contribution is -0.145. The number of anilines is 1. The van der Waals surface area contributed by atoms with E-state index in [0.29, 0.717) is 18.2 Å². The number of aryl methyl sites for hydroxylation is 1. The van der Waals surface area contributed by atoms with Gasteiger partial charge in [-0.1, -0.05) is 29.8 Å². The Labute approximate surface area is 184 Å². The van der Waals surface area contributed by atoms with Gasteiger partial charge in [0.05, 0.1) is 0 Å². The molecule has 0 amide bonds. The molecule has 5 rings (SSSR count). The third kappa shape index (κ3) is 3.79. The molecular weight excluding hydrogens is 443 g/mol. The van der Waals surface area contributed by atoms with Gasteiger partial charge in [-0.25, -0.2) is 13.5 Å². The number of rotatable bonds is 2. The van der Waals surface area contributed by atoms with Gasteiger partial charge in [-0.05, 0) is 42.5 Å². The number of allylic oxidation sites excluding steroid dienone is 2. The third-order valence-electron chi connectivity index (χ3n) is 5.92. The van der Waals surface area contributed by atoms with E-state index in [1.165, 1.54) is 0 Å². The number of benzene rings is 2. The Balaban J connectivity index is 1.64. The smallest absolute Gasteiger partial charge is 0.328 e. The second kappa shape index (κ2) is 7.50. The molecule has 10 heteroatoms. The predicted octanol–water partition coefficient (Wildman–Crippen LogP) is 5.30. The standard InChI is InChI=1S/C23H17F5N4O/c1-11-2-4-12(5-3-11)13-8-17-19(18(33)9-13)20(14-6-15(24)10-16(25)7-14)32-22(29-17)30-21(31-32)23(26,27)28/h2-7,10,13,20H,8-9H2,1H3,(H,29,30,31). The molecule has 5 nitrogen and oxygen atoms in total. The van der Waals surface area contributed by atoms with E-state index in [-0.39, 0.29) is 35.2 Å². The summed E-state index contributed by atoms with van der Waals surface area (Å²) in [6, 6.07) is 9.04. The highest BCUT2D eigenvalue weighted by atomic mass is 19.4. The second-order valence-corrected chi connectivity index (χ2v) is 8.26. The van der Waals surface area contributed by atoms with Gasteiger partial charge >= 0.3 is 6.18 Å². The van der Waals surface area contributed by atoms with Gasteiger partial charge in [0.15, 0.2) is 5.78 Å². The van der Waals surface area contributed by atoms with Crippen LogP contribution >= 0.6 is 0 Å². The van der Waals surface area contributed by atoms with Crippen molar-refractivity contribution in [1.29, 1.82) is 0 Å². The monoisotopic (exact) mass is 460 g/mol. The lowest BCUT2D eigenvalue weighted by Crippen LogP contribution is -2.33. The topological polar surface area (TPSA) is 59.8 Å². The van der Waals surface area contributed by atoms with Crippen LogP contribution in [0.2, 0.25) is 0 Å². The molecule has 33 heavy (non-hydrogen) atoms. The summed E-state index contributed by atoms with van der Waals surface area (Å²) >= 11 is 0. The molecular formula is C23H17F5N4O. The van der Waals surface area contributed by atoms with E-state index in [0.717, 1.165) is 27.9 Å². The number of aromatic nitrogens is 3. The summed E-state index contributed by atoms with van der Waals surface area (Å²) in [5.74, 6) is -4.01. The molecule has 2 heterocycles. The van der Waals surface area contributed by atoms with Crippen LogP contribution in [0, 0.1) is 18.6 Å². The summed E-state index contributed by atoms with van der Waals surface area (Å²) in [7, 11) is 0. The number of hydrogen-bond acceptors (Lipinski definition) is 4. The van der Waals surface area contributed by atoms with Gasteiger partial charge in [0.2, 0.25) is 5.95 Å². The summed E-state index contributed by atoms with van der Waals surface area (Å²) < 4.78 is 68.9. The minimum atomic E-state index is -4.83. The molecule has 0 spiro atoms. The number of nitrogens with one attached hydrogen (secondary N) is 1. The first-order chi connectivity index (χ1) is 15.6. The molecule has 2 aliphatic rings. The number of carbonyl (C=O) groups excluding carboxylic acids is 1. The third-order valence-corrected chi connectivity index (χ3v) is 5.92. The lowest BCUT2D eigenvalue weighted by Gasteiger charge is -2.35. The average molecular weight is 460 g/mol. The Bertz CT molecular complexity index is 1270. The van der Waals surface area contributed by atoms with Crippen molar-refractivity contribution in [2.45, 2.75) is 37.9 Å². The first kappa shape index (κ1) is 21.3. The Morgan fingerprint density at radius 2 is 1.67 bits per heavy atom. The van der Waals surface area contributed by atoms with E-state index in [4.69, 9.17) is 0 Å². The summed E-state index contributed by atoms with van der Waals surface area (Å²) in [6.45, 7) is 1.94. The van der Waals surface area contributed by atoms with E-state index in [9.17, 15) is 26.7 Å². The minimum absolute atomic E-state index is 0.0245. The van der Waals surface area contributed by atoms with Gasteiger partial charge in [0, 0.05) is 23.8 Å². The molecule has 1 N–H and O–H groups in total. The van der Waals surface area contributed by atoms with E-state index in [1.54, 1.807) is 0 Å². The molecule has 0 radical (unpaired) electrons. The van der Waals surface area contributed by atoms with Crippen LogP contribution in [0.4, 0.5) is 27.9 Å². The van der Waals surface area contributed by atoms with Crippen LogP contribution < -0.4 is 5.32 Å². The molecule has 2 atom stereocenters. The number of Topliss-reactive ketones (excluding diaryl/α,β-unsaturated/α-hetero) is 1. The fourth-order valence-electron chi connectivity index (χ4n) is 4.45. The zero-order valence-corrected chi connectivity index (χ0v) is 17.3. The van der Waals surface area contributed by atoms with Crippen LogP contribution in [-0.2, 0) is 11.0 Å². The zero-order chi connectivity index (χ0) is 23.5. The lowest BCUT2D eigenvalue weighted by atomic mass is 9.78. The highest BCUT2D eigenvalue weighted by molar-refractivity contribution is 6.00. The van der Waals surface area contributed by atoms with Crippen molar-refractivity contribution in [2.75, 3.05) is 5.32 Å².